The summed E-state index contributed by atoms with van der Waals surface area (Å²) in [5.74, 6) is 1.83. The second kappa shape index (κ2) is 14.9. The molecular weight excluding hydrogens is 775 g/mol. The molecule has 3 heterocycles. The Bertz CT molecular complexity index is 3560. The number of thiophene rings is 1. The van der Waals surface area contributed by atoms with Crippen LogP contribution in [0.5, 0.6) is 0 Å². The van der Waals surface area contributed by atoms with Gasteiger partial charge in [-0.3, -0.25) is 0 Å². The molecule has 4 nitrogen and oxygen atoms in total. The van der Waals surface area contributed by atoms with E-state index in [1.54, 1.807) is 11.3 Å². The van der Waals surface area contributed by atoms with E-state index in [-0.39, 0.29) is 0 Å². The fraction of sp³-hybridized carbons (Fsp3) is 0. The summed E-state index contributed by atoms with van der Waals surface area (Å²) in [7, 11) is 0. The van der Waals surface area contributed by atoms with E-state index >= 15 is 0 Å². The molecule has 0 N–H and O–H groups in total. The molecule has 9 aromatic carbocycles. The second-order valence-electron chi connectivity index (χ2n) is 15.6. The van der Waals surface area contributed by atoms with Crippen molar-refractivity contribution in [1.29, 1.82) is 0 Å². The highest BCUT2D eigenvalue weighted by Gasteiger charge is 2.19. The van der Waals surface area contributed by atoms with Crippen LogP contribution in [0.25, 0.3) is 121 Å². The zero-order valence-electron chi connectivity index (χ0n) is 33.4. The van der Waals surface area contributed by atoms with Gasteiger partial charge < -0.3 is 4.42 Å². The van der Waals surface area contributed by atoms with Gasteiger partial charge in [0, 0.05) is 47.6 Å². The molecule has 62 heavy (non-hydrogen) atoms. The minimum absolute atomic E-state index is 0.584. The van der Waals surface area contributed by atoms with E-state index in [2.05, 4.69) is 206 Å². The van der Waals surface area contributed by atoms with Gasteiger partial charge in [0.25, 0.3) is 0 Å². The maximum Gasteiger partial charge on any atom is 0.165 e. The van der Waals surface area contributed by atoms with Crippen LogP contribution in [0, 0.1) is 0 Å². The number of benzene rings is 9. The van der Waals surface area contributed by atoms with Crippen molar-refractivity contribution in [3.05, 3.63) is 212 Å². The number of hydrogen-bond donors (Lipinski definition) is 0. The van der Waals surface area contributed by atoms with Gasteiger partial charge in [0.05, 0.1) is 0 Å². The van der Waals surface area contributed by atoms with Crippen molar-refractivity contribution < 1.29 is 4.42 Å². The summed E-state index contributed by atoms with van der Waals surface area (Å²) < 4.78 is 9.10. The van der Waals surface area contributed by atoms with Crippen LogP contribution in [-0.2, 0) is 0 Å². The number of rotatable bonds is 7. The average molecular weight is 810 g/mol. The fourth-order valence-electron chi connectivity index (χ4n) is 8.70. The summed E-state index contributed by atoms with van der Waals surface area (Å²) >= 11 is 1.77. The summed E-state index contributed by atoms with van der Waals surface area (Å²) in [6.07, 6.45) is 0. The highest BCUT2D eigenvalue weighted by Crippen LogP contribution is 2.42. The van der Waals surface area contributed by atoms with E-state index in [9.17, 15) is 0 Å². The lowest BCUT2D eigenvalue weighted by atomic mass is 9.91. The van der Waals surface area contributed by atoms with Crippen LogP contribution in [0.4, 0.5) is 0 Å². The monoisotopic (exact) mass is 809 g/mol. The number of furan rings is 1. The molecule has 0 radical (unpaired) electrons. The van der Waals surface area contributed by atoms with Crippen LogP contribution >= 0.6 is 11.3 Å². The second-order valence-corrected chi connectivity index (χ2v) is 16.6. The highest BCUT2D eigenvalue weighted by molar-refractivity contribution is 7.26. The number of aromatic nitrogens is 3. The van der Waals surface area contributed by atoms with E-state index in [0.717, 1.165) is 76.7 Å². The van der Waals surface area contributed by atoms with Crippen molar-refractivity contribution >= 4 is 53.4 Å². The Morgan fingerprint density at radius 2 is 0.823 bits per heavy atom. The third-order valence-electron chi connectivity index (χ3n) is 11.7. The Labute approximate surface area is 362 Å². The molecule has 0 unspecified atom stereocenters. The van der Waals surface area contributed by atoms with Gasteiger partial charge in [-0.2, -0.15) is 0 Å². The summed E-state index contributed by atoms with van der Waals surface area (Å²) in [4.78, 5) is 15.6. The topological polar surface area (TPSA) is 51.8 Å². The molecule has 0 saturated carbocycles. The molecule has 0 atom stereocenters. The van der Waals surface area contributed by atoms with Gasteiger partial charge in [0.2, 0.25) is 0 Å². The largest absolute Gasteiger partial charge is 0.456 e. The van der Waals surface area contributed by atoms with Crippen LogP contribution in [0.2, 0.25) is 0 Å². The summed E-state index contributed by atoms with van der Waals surface area (Å²) in [5, 5.41) is 4.54. The SMILES string of the molecule is c1ccc(-c2ccc(-c3nc(-c4ccc5c(c4)oc4cccc(-c6cc(-c7ccccc7)cc(-c7ccccc7)c6)c45)nc(-c4cccc5c4sc4ccccc45)n3)cc2)cc1. The molecule has 0 aliphatic carbocycles. The molecule has 0 saturated heterocycles. The van der Waals surface area contributed by atoms with Gasteiger partial charge >= 0.3 is 0 Å². The van der Waals surface area contributed by atoms with Gasteiger partial charge in [-0.1, -0.05) is 164 Å². The highest BCUT2D eigenvalue weighted by atomic mass is 32.1. The first kappa shape index (κ1) is 35.9. The lowest BCUT2D eigenvalue weighted by Gasteiger charge is -2.12. The van der Waals surface area contributed by atoms with Crippen molar-refractivity contribution in [3.8, 4) is 78.7 Å². The van der Waals surface area contributed by atoms with Crippen LogP contribution in [-0.4, -0.2) is 15.0 Å². The maximum atomic E-state index is 6.71. The van der Waals surface area contributed by atoms with Crippen LogP contribution in [0.15, 0.2) is 217 Å². The molecule has 290 valence electrons. The normalized spacial score (nSPS) is 11.5. The maximum absolute atomic E-state index is 6.71. The Balaban J connectivity index is 1.01. The van der Waals surface area contributed by atoms with Gasteiger partial charge in [-0.25, -0.2) is 15.0 Å². The zero-order chi connectivity index (χ0) is 41.0. The lowest BCUT2D eigenvalue weighted by Crippen LogP contribution is -2.00. The molecule has 0 aliphatic heterocycles. The van der Waals surface area contributed by atoms with Gasteiger partial charge in [0.1, 0.15) is 11.2 Å². The minimum Gasteiger partial charge on any atom is -0.456 e. The van der Waals surface area contributed by atoms with Crippen molar-refractivity contribution in [2.24, 2.45) is 0 Å². The first-order valence-electron chi connectivity index (χ1n) is 20.7. The molecule has 0 amide bonds. The first-order valence-corrected chi connectivity index (χ1v) is 21.6. The molecule has 0 bridgehead atoms. The summed E-state index contributed by atoms with van der Waals surface area (Å²) in [6, 6.07) is 74.6. The van der Waals surface area contributed by atoms with E-state index < -0.39 is 0 Å². The fourth-order valence-corrected chi connectivity index (χ4v) is 9.91. The smallest absolute Gasteiger partial charge is 0.165 e. The standard InChI is InChI=1S/C57H35N3OS/c1-4-14-36(15-5-1)39-26-28-40(29-27-39)55-58-56(60-57(59-55)49-23-12-22-47-46-20-10-11-25-52(46)62-54(47)49)41-30-31-48-51(35-41)61-50-24-13-21-45(53(48)50)44-33-42(37-16-6-2-7-17-37)32-43(34-44)38-18-8-3-9-19-38/h1-35H. The first-order chi connectivity index (χ1) is 30.7. The number of nitrogens with zero attached hydrogens (tertiary/aromatic N) is 3. The Morgan fingerprint density at radius 1 is 0.306 bits per heavy atom. The quantitative estimate of drug-likeness (QED) is 0.161. The van der Waals surface area contributed by atoms with Gasteiger partial charge in [0.15, 0.2) is 17.5 Å². The molecule has 5 heteroatoms. The van der Waals surface area contributed by atoms with Crippen molar-refractivity contribution in [1.82, 2.24) is 15.0 Å². The van der Waals surface area contributed by atoms with E-state index in [1.807, 2.05) is 6.07 Å². The Kier molecular flexibility index (Phi) is 8.65. The summed E-state index contributed by atoms with van der Waals surface area (Å²) in [5.41, 5.74) is 13.6. The summed E-state index contributed by atoms with van der Waals surface area (Å²) in [6.45, 7) is 0. The molecule has 12 aromatic rings. The molecule has 0 fully saturated rings. The van der Waals surface area contributed by atoms with Gasteiger partial charge in [-0.15, -0.1) is 11.3 Å². The number of fused-ring (bicyclic) bond motifs is 6. The Hall–Kier alpha value is -7.99. The van der Waals surface area contributed by atoms with Crippen LogP contribution in [0.1, 0.15) is 0 Å². The van der Waals surface area contributed by atoms with Crippen molar-refractivity contribution in [3.63, 3.8) is 0 Å². The van der Waals surface area contributed by atoms with E-state index in [0.29, 0.717) is 17.5 Å². The Morgan fingerprint density at radius 3 is 1.53 bits per heavy atom. The van der Waals surface area contributed by atoms with Crippen LogP contribution < -0.4 is 0 Å². The average Bonchev–Trinajstić information content (AvgIpc) is 3.93. The molecule has 3 aromatic heterocycles. The predicted molar refractivity (Wildman–Crippen MR) is 258 cm³/mol. The molecular formula is C57H35N3OS. The molecule has 12 rings (SSSR count). The van der Waals surface area contributed by atoms with Crippen molar-refractivity contribution in [2.75, 3.05) is 0 Å². The van der Waals surface area contributed by atoms with E-state index in [1.165, 1.54) is 26.6 Å². The molecule has 0 aliphatic rings. The van der Waals surface area contributed by atoms with Crippen LogP contribution in [0.3, 0.4) is 0 Å². The third-order valence-corrected chi connectivity index (χ3v) is 13.0. The van der Waals surface area contributed by atoms with Crippen molar-refractivity contribution in [2.45, 2.75) is 0 Å². The number of hydrogen-bond acceptors (Lipinski definition) is 5. The predicted octanol–water partition coefficient (Wildman–Crippen LogP) is 15.8. The van der Waals surface area contributed by atoms with E-state index in [4.69, 9.17) is 19.4 Å². The van der Waals surface area contributed by atoms with Gasteiger partial charge in [-0.05, 0) is 93.0 Å². The molecule has 0 spiro atoms. The lowest BCUT2D eigenvalue weighted by molar-refractivity contribution is 0.669. The zero-order valence-corrected chi connectivity index (χ0v) is 34.2. The minimum atomic E-state index is 0.584. The third kappa shape index (κ3) is 6.35.